The molecule has 0 aliphatic carbocycles. The van der Waals surface area contributed by atoms with Crippen LogP contribution in [0.25, 0.3) is 0 Å². The van der Waals surface area contributed by atoms with Gasteiger partial charge in [-0.3, -0.25) is 4.79 Å². The quantitative estimate of drug-likeness (QED) is 0.912. The van der Waals surface area contributed by atoms with Crippen LogP contribution < -0.4 is 0 Å². The zero-order valence-corrected chi connectivity index (χ0v) is 9.79. The largest absolute Gasteiger partial charge is 0.395 e. The van der Waals surface area contributed by atoms with Crippen LogP contribution in [0.4, 0.5) is 4.39 Å². The number of hydrogen-bond acceptors (Lipinski definition) is 2. The van der Waals surface area contributed by atoms with E-state index >= 15 is 0 Å². The Balaban J connectivity index is 2.95. The lowest BCUT2D eigenvalue weighted by Gasteiger charge is -2.16. The van der Waals surface area contributed by atoms with Crippen molar-refractivity contribution in [2.75, 3.05) is 20.2 Å². The maximum atomic E-state index is 12.9. The normalized spacial score (nSPS) is 10.1. The maximum absolute atomic E-state index is 12.9. The van der Waals surface area contributed by atoms with E-state index in [0.29, 0.717) is 4.47 Å². The van der Waals surface area contributed by atoms with Crippen LogP contribution in [0.1, 0.15) is 10.4 Å². The summed E-state index contributed by atoms with van der Waals surface area (Å²) in [6.45, 7) is 0.108. The number of aliphatic hydroxyl groups is 1. The summed E-state index contributed by atoms with van der Waals surface area (Å²) in [7, 11) is 1.55. The third-order valence-electron chi connectivity index (χ3n) is 1.94. The summed E-state index contributed by atoms with van der Waals surface area (Å²) in [5.41, 5.74) is 0.256. The fraction of sp³-hybridized carbons (Fsp3) is 0.300. The van der Waals surface area contributed by atoms with Crippen LogP contribution in [0.5, 0.6) is 0 Å². The lowest BCUT2D eigenvalue weighted by molar-refractivity contribution is 0.0765. The third kappa shape index (κ3) is 3.00. The molecule has 15 heavy (non-hydrogen) atoms. The molecule has 0 fully saturated rings. The molecule has 0 saturated heterocycles. The first kappa shape index (κ1) is 12.1. The number of nitrogens with zero attached hydrogens (tertiary/aromatic N) is 1. The Morgan fingerprint density at radius 2 is 2.27 bits per heavy atom. The highest BCUT2D eigenvalue weighted by atomic mass is 79.9. The predicted octanol–water partition coefficient (Wildman–Crippen LogP) is 1.65. The fourth-order valence-corrected chi connectivity index (χ4v) is 1.53. The van der Waals surface area contributed by atoms with E-state index < -0.39 is 5.82 Å². The van der Waals surface area contributed by atoms with E-state index in [-0.39, 0.29) is 24.6 Å². The number of likely N-dealkylation sites (N-methyl/N-ethyl adjacent to an activating group) is 1. The molecule has 5 heteroatoms. The molecule has 0 saturated carbocycles. The zero-order chi connectivity index (χ0) is 11.4. The summed E-state index contributed by atoms with van der Waals surface area (Å²) in [5, 5.41) is 8.68. The van der Waals surface area contributed by atoms with Crippen molar-refractivity contribution < 1.29 is 14.3 Å². The topological polar surface area (TPSA) is 40.5 Å². The van der Waals surface area contributed by atoms with E-state index in [4.69, 9.17) is 5.11 Å². The Morgan fingerprint density at radius 3 is 2.87 bits per heavy atom. The van der Waals surface area contributed by atoms with E-state index in [2.05, 4.69) is 15.9 Å². The fourth-order valence-electron chi connectivity index (χ4n) is 1.12. The van der Waals surface area contributed by atoms with E-state index in [1.54, 1.807) is 7.05 Å². The second-order valence-electron chi connectivity index (χ2n) is 3.07. The highest BCUT2D eigenvalue weighted by Gasteiger charge is 2.14. The van der Waals surface area contributed by atoms with Crippen LogP contribution in [0, 0.1) is 5.82 Å². The predicted molar refractivity (Wildman–Crippen MR) is 58.1 cm³/mol. The highest BCUT2D eigenvalue weighted by molar-refractivity contribution is 9.10. The number of carbonyl (C=O) groups excluding carboxylic acids is 1. The summed E-state index contributed by atoms with van der Waals surface area (Å²) < 4.78 is 13.5. The Hall–Kier alpha value is -0.940. The van der Waals surface area contributed by atoms with Gasteiger partial charge in [0.15, 0.2) is 0 Å². The summed E-state index contributed by atoms with van der Waals surface area (Å²) in [4.78, 5) is 13.1. The van der Waals surface area contributed by atoms with Gasteiger partial charge in [0.1, 0.15) is 5.82 Å². The van der Waals surface area contributed by atoms with Crippen molar-refractivity contribution in [1.82, 2.24) is 4.90 Å². The number of halogens is 2. The van der Waals surface area contributed by atoms with Crippen LogP contribution in [0.15, 0.2) is 22.7 Å². The Bertz CT molecular complexity index is 370. The molecule has 0 aliphatic rings. The van der Waals surface area contributed by atoms with Gasteiger partial charge in [-0.15, -0.1) is 0 Å². The first-order valence-electron chi connectivity index (χ1n) is 4.37. The lowest BCUT2D eigenvalue weighted by atomic mass is 10.2. The number of rotatable bonds is 3. The molecule has 0 spiro atoms. The molecule has 1 aromatic carbocycles. The number of amides is 1. The van der Waals surface area contributed by atoms with Crippen LogP contribution in [-0.2, 0) is 0 Å². The molecule has 0 aliphatic heterocycles. The van der Waals surface area contributed by atoms with Gasteiger partial charge in [0, 0.05) is 18.1 Å². The minimum absolute atomic E-state index is 0.116. The molecule has 0 atom stereocenters. The molecule has 0 heterocycles. The van der Waals surface area contributed by atoms with E-state index in [9.17, 15) is 9.18 Å². The van der Waals surface area contributed by atoms with Gasteiger partial charge in [-0.05, 0) is 34.1 Å². The molecule has 0 unspecified atom stereocenters. The van der Waals surface area contributed by atoms with Crippen molar-refractivity contribution in [2.24, 2.45) is 0 Å². The van der Waals surface area contributed by atoms with E-state index in [1.165, 1.54) is 23.1 Å². The molecule has 1 N–H and O–H groups in total. The van der Waals surface area contributed by atoms with E-state index in [0.717, 1.165) is 0 Å². The molecule has 0 bridgehead atoms. The number of carbonyl (C=O) groups is 1. The summed E-state index contributed by atoms with van der Waals surface area (Å²) in [6, 6.07) is 3.92. The minimum atomic E-state index is -0.459. The van der Waals surface area contributed by atoms with Gasteiger partial charge < -0.3 is 10.0 Å². The van der Waals surface area contributed by atoms with Crippen LogP contribution in [0.2, 0.25) is 0 Å². The van der Waals surface area contributed by atoms with Gasteiger partial charge in [-0.2, -0.15) is 0 Å². The molecule has 1 aromatic rings. The second-order valence-corrected chi connectivity index (χ2v) is 3.93. The number of aliphatic hydroxyl groups excluding tert-OH is 1. The third-order valence-corrected chi connectivity index (χ3v) is 2.63. The zero-order valence-electron chi connectivity index (χ0n) is 8.20. The summed E-state index contributed by atoms with van der Waals surface area (Å²) in [5.74, 6) is -0.783. The summed E-state index contributed by atoms with van der Waals surface area (Å²) in [6.07, 6.45) is 0. The van der Waals surface area contributed by atoms with Gasteiger partial charge in [0.2, 0.25) is 0 Å². The van der Waals surface area contributed by atoms with Crippen LogP contribution >= 0.6 is 15.9 Å². The lowest BCUT2D eigenvalue weighted by Crippen LogP contribution is -2.29. The number of benzene rings is 1. The monoisotopic (exact) mass is 275 g/mol. The van der Waals surface area contributed by atoms with Gasteiger partial charge in [0.05, 0.1) is 12.2 Å². The van der Waals surface area contributed by atoms with Crippen molar-refractivity contribution >= 4 is 21.8 Å². The van der Waals surface area contributed by atoms with Gasteiger partial charge in [0.25, 0.3) is 5.91 Å². The van der Waals surface area contributed by atoms with Crippen molar-refractivity contribution in [2.45, 2.75) is 0 Å². The first-order chi connectivity index (χ1) is 7.06. The molecule has 1 amide bonds. The highest BCUT2D eigenvalue weighted by Crippen LogP contribution is 2.19. The molecule has 3 nitrogen and oxygen atoms in total. The Labute approximate surface area is 95.6 Å². The average Bonchev–Trinajstić information content (AvgIpc) is 2.21. The van der Waals surface area contributed by atoms with Gasteiger partial charge >= 0.3 is 0 Å². The first-order valence-corrected chi connectivity index (χ1v) is 5.17. The van der Waals surface area contributed by atoms with Crippen molar-refractivity contribution in [3.63, 3.8) is 0 Å². The SMILES string of the molecule is CN(CCO)C(=O)c1cc(F)ccc1Br. The van der Waals surface area contributed by atoms with Crippen LogP contribution in [0.3, 0.4) is 0 Å². The van der Waals surface area contributed by atoms with Gasteiger partial charge in [-0.1, -0.05) is 0 Å². The average molecular weight is 276 g/mol. The molecule has 0 aromatic heterocycles. The molecule has 82 valence electrons. The summed E-state index contributed by atoms with van der Waals surface area (Å²) >= 11 is 3.17. The molecular formula is C10H11BrFNO2. The number of hydrogen-bond donors (Lipinski definition) is 1. The Kier molecular flexibility index (Phi) is 4.23. The smallest absolute Gasteiger partial charge is 0.254 e. The molecule has 0 radical (unpaired) electrons. The van der Waals surface area contributed by atoms with Crippen molar-refractivity contribution in [3.8, 4) is 0 Å². The minimum Gasteiger partial charge on any atom is -0.395 e. The molecule has 1 rings (SSSR count). The Morgan fingerprint density at radius 1 is 1.60 bits per heavy atom. The van der Waals surface area contributed by atoms with Gasteiger partial charge in [-0.25, -0.2) is 4.39 Å². The van der Waals surface area contributed by atoms with E-state index in [1.807, 2.05) is 0 Å². The van der Waals surface area contributed by atoms with Crippen molar-refractivity contribution in [3.05, 3.63) is 34.1 Å². The molecular weight excluding hydrogens is 265 g/mol. The standard InChI is InChI=1S/C10H11BrFNO2/c1-13(4-5-14)10(15)8-6-7(12)2-3-9(8)11/h2-3,6,14H,4-5H2,1H3. The maximum Gasteiger partial charge on any atom is 0.254 e. The van der Waals surface area contributed by atoms with Crippen LogP contribution in [-0.4, -0.2) is 36.1 Å². The van der Waals surface area contributed by atoms with Crippen molar-refractivity contribution in [1.29, 1.82) is 0 Å². The second kappa shape index (κ2) is 5.23.